The fraction of sp³-hybridized carbons (Fsp3) is 0.154. The van der Waals surface area contributed by atoms with Gasteiger partial charge < -0.3 is 14.3 Å². The van der Waals surface area contributed by atoms with Crippen molar-refractivity contribution in [1.29, 1.82) is 0 Å². The van der Waals surface area contributed by atoms with Crippen molar-refractivity contribution in [2.24, 2.45) is 0 Å². The van der Waals surface area contributed by atoms with Crippen molar-refractivity contribution in [2.75, 3.05) is 6.54 Å². The van der Waals surface area contributed by atoms with E-state index in [4.69, 9.17) is 4.42 Å². The van der Waals surface area contributed by atoms with Gasteiger partial charge in [-0.15, -0.1) is 16.8 Å². The number of benzene rings is 1. The van der Waals surface area contributed by atoms with Crippen LogP contribution in [0.4, 0.5) is 0 Å². The lowest BCUT2D eigenvalue weighted by atomic mass is 9.98. The molecule has 0 bridgehead atoms. The number of carbonyl (C=O) groups excluding carboxylic acids is 1. The number of hydrogen-bond acceptors (Lipinski definition) is 7. The van der Waals surface area contributed by atoms with Crippen molar-refractivity contribution in [3.05, 3.63) is 102 Å². The molecule has 0 spiro atoms. The molecule has 1 aliphatic rings. The molecule has 0 saturated carbocycles. The number of carbonyl (C=O) groups is 1. The van der Waals surface area contributed by atoms with Gasteiger partial charge in [0.15, 0.2) is 0 Å². The van der Waals surface area contributed by atoms with Crippen molar-refractivity contribution < 1.29 is 9.21 Å². The summed E-state index contributed by atoms with van der Waals surface area (Å²) in [6, 6.07) is 13.3. The average molecular weight is 464 g/mol. The van der Waals surface area contributed by atoms with Crippen LogP contribution in [-0.4, -0.2) is 47.5 Å². The second kappa shape index (κ2) is 8.60. The average Bonchev–Trinajstić information content (AvgIpc) is 3.58. The number of amides is 1. The quantitative estimate of drug-likeness (QED) is 0.393. The second-order valence-electron chi connectivity index (χ2n) is 8.29. The van der Waals surface area contributed by atoms with E-state index in [1.165, 1.54) is 0 Å². The third-order valence-electron chi connectivity index (χ3n) is 6.18. The smallest absolute Gasteiger partial charge is 0.312 e. The fourth-order valence-electron chi connectivity index (χ4n) is 4.52. The van der Waals surface area contributed by atoms with Gasteiger partial charge >= 0.3 is 11.8 Å². The molecule has 1 aromatic carbocycles. The lowest BCUT2D eigenvalue weighted by Gasteiger charge is -2.33. The van der Waals surface area contributed by atoms with Crippen molar-refractivity contribution in [2.45, 2.75) is 18.9 Å². The molecular formula is C26H21N7O2. The maximum Gasteiger partial charge on any atom is 0.312 e. The van der Waals surface area contributed by atoms with Gasteiger partial charge in [-0.1, -0.05) is 36.4 Å². The van der Waals surface area contributed by atoms with E-state index in [2.05, 4.69) is 36.7 Å². The van der Waals surface area contributed by atoms with Crippen LogP contribution < -0.4 is 0 Å². The molecule has 0 unspecified atom stereocenters. The number of allylic oxidation sites excluding steroid dienone is 1. The van der Waals surface area contributed by atoms with E-state index in [-0.39, 0.29) is 17.7 Å². The molecule has 5 heterocycles. The number of pyridine rings is 2. The Morgan fingerprint density at radius 1 is 1.14 bits per heavy atom. The molecule has 35 heavy (non-hydrogen) atoms. The predicted molar refractivity (Wildman–Crippen MR) is 128 cm³/mol. The maximum atomic E-state index is 13.7. The van der Waals surface area contributed by atoms with Gasteiger partial charge in [0.2, 0.25) is 0 Å². The molecule has 9 nitrogen and oxygen atoms in total. The van der Waals surface area contributed by atoms with Crippen LogP contribution in [0.3, 0.4) is 0 Å². The van der Waals surface area contributed by atoms with E-state index in [1.807, 2.05) is 48.7 Å². The zero-order valence-electron chi connectivity index (χ0n) is 18.8. The molecule has 0 radical (unpaired) electrons. The van der Waals surface area contributed by atoms with Gasteiger partial charge in [0.05, 0.1) is 17.7 Å². The summed E-state index contributed by atoms with van der Waals surface area (Å²) >= 11 is 0. The van der Waals surface area contributed by atoms with Crippen molar-refractivity contribution >= 4 is 16.7 Å². The third kappa shape index (κ3) is 3.67. The molecule has 9 heteroatoms. The lowest BCUT2D eigenvalue weighted by molar-refractivity contribution is 0.0647. The first-order valence-corrected chi connectivity index (χ1v) is 11.3. The number of nitrogens with one attached hydrogen (secondary N) is 1. The third-order valence-corrected chi connectivity index (χ3v) is 6.18. The monoisotopic (exact) mass is 463 g/mol. The van der Waals surface area contributed by atoms with Crippen LogP contribution in [0, 0.1) is 0 Å². The molecule has 0 fully saturated rings. The summed E-state index contributed by atoms with van der Waals surface area (Å²) in [5.74, 6) is -0.276. The van der Waals surface area contributed by atoms with Crippen molar-refractivity contribution in [3.63, 3.8) is 0 Å². The summed E-state index contributed by atoms with van der Waals surface area (Å²) in [7, 11) is 0. The number of H-pyrrole nitrogens is 1. The summed E-state index contributed by atoms with van der Waals surface area (Å²) in [6.07, 6.45) is 8.13. The minimum atomic E-state index is -0.483. The van der Waals surface area contributed by atoms with Gasteiger partial charge in [-0.2, -0.15) is 0 Å². The van der Waals surface area contributed by atoms with Gasteiger partial charge in [0, 0.05) is 36.4 Å². The van der Waals surface area contributed by atoms with Gasteiger partial charge in [-0.05, 0) is 29.5 Å². The number of aromatic amines is 1. The summed E-state index contributed by atoms with van der Waals surface area (Å²) in [4.78, 5) is 32.1. The number of hydrogen-bond donors (Lipinski definition) is 1. The SMILES string of the molecule is C=CCc1cccnc1-c1nnc(C(=O)N2CCc3[nH]cnc3[C@H]2c2cc3ccccc3cn2)o1. The van der Waals surface area contributed by atoms with E-state index in [1.54, 1.807) is 23.5 Å². The van der Waals surface area contributed by atoms with Crippen LogP contribution in [0.15, 0.2) is 78.3 Å². The Labute approximate surface area is 200 Å². The molecule has 5 aromatic rings. The molecule has 0 saturated heterocycles. The van der Waals surface area contributed by atoms with Gasteiger partial charge in [-0.3, -0.25) is 14.8 Å². The highest BCUT2D eigenvalue weighted by molar-refractivity contribution is 5.91. The van der Waals surface area contributed by atoms with Crippen LogP contribution >= 0.6 is 0 Å². The largest absolute Gasteiger partial charge is 0.411 e. The van der Waals surface area contributed by atoms with Gasteiger partial charge in [0.1, 0.15) is 11.7 Å². The first-order chi connectivity index (χ1) is 17.2. The molecule has 6 rings (SSSR count). The van der Waals surface area contributed by atoms with Crippen LogP contribution in [-0.2, 0) is 12.8 Å². The Morgan fingerprint density at radius 2 is 2.03 bits per heavy atom. The van der Waals surface area contributed by atoms with Gasteiger partial charge in [-0.25, -0.2) is 4.98 Å². The van der Waals surface area contributed by atoms with E-state index in [9.17, 15) is 4.79 Å². The Balaban J connectivity index is 1.38. The molecule has 4 aromatic heterocycles. The molecule has 0 aliphatic carbocycles. The topological polar surface area (TPSA) is 114 Å². The Hall–Kier alpha value is -4.66. The van der Waals surface area contributed by atoms with E-state index >= 15 is 0 Å². The normalized spacial score (nSPS) is 15.2. The zero-order chi connectivity index (χ0) is 23.8. The molecule has 1 N–H and O–H groups in total. The maximum absolute atomic E-state index is 13.7. The highest BCUT2D eigenvalue weighted by atomic mass is 16.4. The first-order valence-electron chi connectivity index (χ1n) is 11.3. The summed E-state index contributed by atoms with van der Waals surface area (Å²) < 4.78 is 5.84. The second-order valence-corrected chi connectivity index (χ2v) is 8.29. The van der Waals surface area contributed by atoms with Crippen LogP contribution in [0.25, 0.3) is 22.4 Å². The van der Waals surface area contributed by atoms with Crippen LogP contribution in [0.1, 0.15) is 39.4 Å². The highest BCUT2D eigenvalue weighted by Gasteiger charge is 2.37. The fourth-order valence-corrected chi connectivity index (χ4v) is 4.52. The summed E-state index contributed by atoms with van der Waals surface area (Å²) in [5.41, 5.74) is 3.91. The number of nitrogens with zero attached hydrogens (tertiary/aromatic N) is 6. The Morgan fingerprint density at radius 3 is 2.91 bits per heavy atom. The molecule has 172 valence electrons. The lowest BCUT2D eigenvalue weighted by Crippen LogP contribution is -2.41. The van der Waals surface area contributed by atoms with Crippen LogP contribution in [0.2, 0.25) is 0 Å². The Kier molecular flexibility index (Phi) is 5.14. The minimum absolute atomic E-state index is 0.0972. The van der Waals surface area contributed by atoms with Gasteiger partial charge in [0.25, 0.3) is 5.89 Å². The highest BCUT2D eigenvalue weighted by Crippen LogP contribution is 2.34. The number of aromatic nitrogens is 6. The minimum Gasteiger partial charge on any atom is -0.411 e. The molecule has 1 amide bonds. The van der Waals surface area contributed by atoms with Crippen LogP contribution in [0.5, 0.6) is 0 Å². The first kappa shape index (κ1) is 20.9. The number of fused-ring (bicyclic) bond motifs is 2. The van der Waals surface area contributed by atoms with Crippen molar-refractivity contribution in [3.8, 4) is 11.6 Å². The summed E-state index contributed by atoms with van der Waals surface area (Å²) in [6.45, 7) is 4.24. The zero-order valence-corrected chi connectivity index (χ0v) is 18.8. The Bertz CT molecular complexity index is 1550. The predicted octanol–water partition coefficient (Wildman–Crippen LogP) is 3.92. The molecule has 1 aliphatic heterocycles. The summed E-state index contributed by atoms with van der Waals surface area (Å²) in [5, 5.41) is 10.3. The van der Waals surface area contributed by atoms with E-state index in [0.717, 1.165) is 33.4 Å². The molecular weight excluding hydrogens is 442 g/mol. The standard InChI is InChI=1S/C26H21N7O2/c1-2-6-16-9-5-11-27-21(16)24-31-32-25(35-24)26(34)33-12-10-19-22(30-15-29-19)23(33)20-13-17-7-3-4-8-18(17)14-28-20/h2-5,7-9,11,13-15,23H,1,6,10,12H2,(H,29,30)/t23-/m1/s1. The number of rotatable bonds is 5. The van der Waals surface area contributed by atoms with E-state index < -0.39 is 6.04 Å². The van der Waals surface area contributed by atoms with Crippen molar-refractivity contribution in [1.82, 2.24) is 35.0 Å². The molecule has 1 atom stereocenters. The number of imidazole rings is 1. The van der Waals surface area contributed by atoms with E-state index in [0.29, 0.717) is 25.1 Å².